The Balaban J connectivity index is 2.50. The number of halogens is 1. The fraction of sp³-hybridized carbons (Fsp3) is 0.500. The van der Waals surface area contributed by atoms with E-state index in [0.29, 0.717) is 12.6 Å². The molecule has 3 heteroatoms. The Morgan fingerprint density at radius 2 is 2.27 bits per heavy atom. The molecule has 1 unspecified atom stereocenters. The Morgan fingerprint density at radius 1 is 1.47 bits per heavy atom. The molecule has 3 N–H and O–H groups in total. The first kappa shape index (κ1) is 12.1. The van der Waals surface area contributed by atoms with Crippen LogP contribution in [0.4, 0.5) is 4.39 Å². The van der Waals surface area contributed by atoms with Crippen molar-refractivity contribution in [1.29, 1.82) is 0 Å². The fourth-order valence-electron chi connectivity index (χ4n) is 1.60. The number of rotatable bonds is 6. The van der Waals surface area contributed by atoms with Crippen LogP contribution in [0.5, 0.6) is 0 Å². The maximum absolute atomic E-state index is 12.9. The van der Waals surface area contributed by atoms with Gasteiger partial charge >= 0.3 is 0 Å². The predicted molar refractivity (Wildman–Crippen MR) is 61.2 cm³/mol. The van der Waals surface area contributed by atoms with Gasteiger partial charge in [-0.3, -0.25) is 0 Å². The minimum Gasteiger partial charge on any atom is -0.329 e. The van der Waals surface area contributed by atoms with Gasteiger partial charge in [-0.15, -0.1) is 0 Å². The van der Waals surface area contributed by atoms with E-state index in [9.17, 15) is 4.39 Å². The summed E-state index contributed by atoms with van der Waals surface area (Å²) in [6, 6.07) is 7.15. The molecule has 0 aliphatic carbocycles. The molecule has 0 heterocycles. The van der Waals surface area contributed by atoms with Gasteiger partial charge < -0.3 is 11.1 Å². The second-order valence-electron chi connectivity index (χ2n) is 3.68. The zero-order valence-electron chi connectivity index (χ0n) is 9.17. The first-order valence-corrected chi connectivity index (χ1v) is 5.44. The molecule has 1 rings (SSSR count). The highest BCUT2D eigenvalue weighted by molar-refractivity contribution is 5.17. The lowest BCUT2D eigenvalue weighted by Gasteiger charge is -2.16. The lowest BCUT2D eigenvalue weighted by Crippen LogP contribution is -2.34. The molecule has 84 valence electrons. The second kappa shape index (κ2) is 6.53. The van der Waals surface area contributed by atoms with Crippen molar-refractivity contribution in [2.75, 3.05) is 13.1 Å². The molecule has 0 fully saturated rings. The zero-order valence-corrected chi connectivity index (χ0v) is 9.17. The summed E-state index contributed by atoms with van der Waals surface area (Å²) in [6.45, 7) is 3.57. The molecule has 0 bridgehead atoms. The summed E-state index contributed by atoms with van der Waals surface area (Å²) < 4.78 is 12.9. The summed E-state index contributed by atoms with van der Waals surface area (Å²) in [5, 5.41) is 3.34. The van der Waals surface area contributed by atoms with Gasteiger partial charge in [0.05, 0.1) is 0 Å². The van der Waals surface area contributed by atoms with Crippen LogP contribution in [0.25, 0.3) is 0 Å². The van der Waals surface area contributed by atoms with E-state index in [0.717, 1.165) is 24.9 Å². The maximum atomic E-state index is 12.9. The Hall–Kier alpha value is -0.930. The molecule has 2 nitrogen and oxygen atoms in total. The van der Waals surface area contributed by atoms with E-state index >= 15 is 0 Å². The lowest BCUT2D eigenvalue weighted by molar-refractivity contribution is 0.500. The quantitative estimate of drug-likeness (QED) is 0.750. The summed E-state index contributed by atoms with van der Waals surface area (Å²) in [6.07, 6.45) is 1.88. The van der Waals surface area contributed by atoms with Crippen LogP contribution in [0.15, 0.2) is 24.3 Å². The molecule has 15 heavy (non-hydrogen) atoms. The topological polar surface area (TPSA) is 38.0 Å². The van der Waals surface area contributed by atoms with Crippen LogP contribution in [-0.2, 0) is 6.42 Å². The third-order valence-corrected chi connectivity index (χ3v) is 2.44. The average Bonchev–Trinajstić information content (AvgIpc) is 2.24. The summed E-state index contributed by atoms with van der Waals surface area (Å²) in [5.74, 6) is -0.166. The van der Waals surface area contributed by atoms with Gasteiger partial charge in [-0.1, -0.05) is 19.1 Å². The summed E-state index contributed by atoms with van der Waals surface area (Å²) >= 11 is 0. The van der Waals surface area contributed by atoms with Gasteiger partial charge in [0, 0.05) is 19.1 Å². The van der Waals surface area contributed by atoms with E-state index in [2.05, 4.69) is 12.2 Å². The van der Waals surface area contributed by atoms with Crippen LogP contribution in [0.3, 0.4) is 0 Å². The van der Waals surface area contributed by atoms with Gasteiger partial charge in [-0.05, 0) is 30.5 Å². The van der Waals surface area contributed by atoms with E-state index in [1.165, 1.54) is 6.07 Å². The molecular formula is C12H19FN2. The highest BCUT2D eigenvalue weighted by Crippen LogP contribution is 2.08. The fourth-order valence-corrected chi connectivity index (χ4v) is 1.60. The Kier molecular flexibility index (Phi) is 5.29. The predicted octanol–water partition coefficient (Wildman–Crippen LogP) is 1.70. The van der Waals surface area contributed by atoms with Crippen LogP contribution in [0.1, 0.15) is 18.9 Å². The largest absolute Gasteiger partial charge is 0.329 e. The SMILES string of the molecule is CCC(Cc1cccc(F)c1)NCCN. The van der Waals surface area contributed by atoms with Crippen LogP contribution in [0.2, 0.25) is 0 Å². The van der Waals surface area contributed by atoms with E-state index in [-0.39, 0.29) is 5.82 Å². The highest BCUT2D eigenvalue weighted by Gasteiger charge is 2.06. The first-order chi connectivity index (χ1) is 7.26. The van der Waals surface area contributed by atoms with Crippen molar-refractivity contribution in [2.24, 2.45) is 5.73 Å². The summed E-state index contributed by atoms with van der Waals surface area (Å²) in [5.41, 5.74) is 6.46. The zero-order chi connectivity index (χ0) is 11.1. The molecule has 0 amide bonds. The van der Waals surface area contributed by atoms with E-state index < -0.39 is 0 Å². The van der Waals surface area contributed by atoms with Crippen molar-refractivity contribution < 1.29 is 4.39 Å². The lowest BCUT2D eigenvalue weighted by atomic mass is 10.0. The maximum Gasteiger partial charge on any atom is 0.123 e. The number of nitrogens with one attached hydrogen (secondary N) is 1. The van der Waals surface area contributed by atoms with Crippen LogP contribution >= 0.6 is 0 Å². The van der Waals surface area contributed by atoms with Gasteiger partial charge in [0.1, 0.15) is 5.82 Å². The molecule has 1 atom stereocenters. The number of nitrogens with two attached hydrogens (primary N) is 1. The average molecular weight is 210 g/mol. The monoisotopic (exact) mass is 210 g/mol. The van der Waals surface area contributed by atoms with E-state index in [1.54, 1.807) is 12.1 Å². The van der Waals surface area contributed by atoms with Crippen LogP contribution in [-0.4, -0.2) is 19.1 Å². The normalized spacial score (nSPS) is 12.7. The second-order valence-corrected chi connectivity index (χ2v) is 3.68. The summed E-state index contributed by atoms with van der Waals surface area (Å²) in [7, 11) is 0. The van der Waals surface area contributed by atoms with E-state index in [1.807, 2.05) is 6.07 Å². The van der Waals surface area contributed by atoms with Crippen molar-refractivity contribution in [1.82, 2.24) is 5.32 Å². The van der Waals surface area contributed by atoms with Crippen molar-refractivity contribution in [3.63, 3.8) is 0 Å². The minimum absolute atomic E-state index is 0.166. The Labute approximate surface area is 90.7 Å². The molecule has 0 radical (unpaired) electrons. The van der Waals surface area contributed by atoms with Gasteiger partial charge in [-0.2, -0.15) is 0 Å². The molecular weight excluding hydrogens is 191 g/mol. The van der Waals surface area contributed by atoms with Gasteiger partial charge in [0.2, 0.25) is 0 Å². The molecule has 0 aromatic heterocycles. The third-order valence-electron chi connectivity index (χ3n) is 2.44. The van der Waals surface area contributed by atoms with Gasteiger partial charge in [-0.25, -0.2) is 4.39 Å². The molecule has 0 spiro atoms. The standard InChI is InChI=1S/C12H19FN2/c1-2-12(15-7-6-14)9-10-4-3-5-11(13)8-10/h3-5,8,12,15H,2,6-7,9,14H2,1H3. The van der Waals surface area contributed by atoms with Crippen molar-refractivity contribution in [3.8, 4) is 0 Å². The van der Waals surface area contributed by atoms with Gasteiger partial charge in [0.25, 0.3) is 0 Å². The van der Waals surface area contributed by atoms with Crippen molar-refractivity contribution in [3.05, 3.63) is 35.6 Å². The first-order valence-electron chi connectivity index (χ1n) is 5.44. The molecule has 0 saturated carbocycles. The van der Waals surface area contributed by atoms with E-state index in [4.69, 9.17) is 5.73 Å². The highest BCUT2D eigenvalue weighted by atomic mass is 19.1. The van der Waals surface area contributed by atoms with Crippen LogP contribution < -0.4 is 11.1 Å². The third kappa shape index (κ3) is 4.40. The Morgan fingerprint density at radius 3 is 2.87 bits per heavy atom. The molecule has 0 aliphatic rings. The molecule has 0 saturated heterocycles. The van der Waals surface area contributed by atoms with Crippen molar-refractivity contribution >= 4 is 0 Å². The molecule has 1 aromatic carbocycles. The number of hydrogen-bond acceptors (Lipinski definition) is 2. The molecule has 0 aliphatic heterocycles. The van der Waals surface area contributed by atoms with Gasteiger partial charge in [0.15, 0.2) is 0 Å². The Bertz CT molecular complexity index is 289. The minimum atomic E-state index is -0.166. The molecule has 1 aromatic rings. The summed E-state index contributed by atoms with van der Waals surface area (Å²) in [4.78, 5) is 0. The number of hydrogen-bond donors (Lipinski definition) is 2. The van der Waals surface area contributed by atoms with Crippen LogP contribution in [0, 0.1) is 5.82 Å². The smallest absolute Gasteiger partial charge is 0.123 e. The number of benzene rings is 1. The van der Waals surface area contributed by atoms with Crippen molar-refractivity contribution in [2.45, 2.75) is 25.8 Å².